The highest BCUT2D eigenvalue weighted by molar-refractivity contribution is 6.09. The van der Waals surface area contributed by atoms with Crippen LogP contribution < -0.4 is 0 Å². The van der Waals surface area contributed by atoms with Crippen molar-refractivity contribution in [1.82, 2.24) is 0 Å². The molecule has 2 rings (SSSR count). The van der Waals surface area contributed by atoms with E-state index in [1.165, 1.54) is 0 Å². The zero-order valence-corrected chi connectivity index (χ0v) is 6.57. The summed E-state index contributed by atoms with van der Waals surface area (Å²) in [4.78, 5) is 4.19. The van der Waals surface area contributed by atoms with Gasteiger partial charge < -0.3 is 0 Å². The van der Waals surface area contributed by atoms with Gasteiger partial charge in [-0.05, 0) is 0 Å². The lowest BCUT2D eigenvalue weighted by Crippen LogP contribution is -1.96. The normalized spacial score (nSPS) is 13.8. The lowest BCUT2D eigenvalue weighted by Gasteiger charge is -1.94. The van der Waals surface area contributed by atoms with Gasteiger partial charge in [0.1, 0.15) is 12.2 Å². The number of benzene rings is 1. The van der Waals surface area contributed by atoms with Gasteiger partial charge in [-0.25, -0.2) is 4.99 Å². The SMILES string of the molecule is [C+]1=CN=C(c2ccccc2)C=C1. The highest BCUT2D eigenvalue weighted by Gasteiger charge is 2.04. The first-order valence-corrected chi connectivity index (χ1v) is 3.84. The van der Waals surface area contributed by atoms with Gasteiger partial charge in [0.2, 0.25) is 0 Å². The van der Waals surface area contributed by atoms with Gasteiger partial charge in [-0.1, -0.05) is 30.3 Å². The Balaban J connectivity index is 2.38. The van der Waals surface area contributed by atoms with Gasteiger partial charge in [-0.15, -0.1) is 0 Å². The topological polar surface area (TPSA) is 12.4 Å². The predicted octanol–water partition coefficient (Wildman–Crippen LogP) is 2.36. The third-order valence-corrected chi connectivity index (χ3v) is 1.69. The van der Waals surface area contributed by atoms with Crippen molar-refractivity contribution in [2.45, 2.75) is 0 Å². The lowest BCUT2D eigenvalue weighted by molar-refractivity contribution is 1.49. The Hall–Kier alpha value is -1.72. The van der Waals surface area contributed by atoms with E-state index >= 15 is 0 Å². The molecule has 1 nitrogen and oxygen atoms in total. The van der Waals surface area contributed by atoms with Crippen molar-refractivity contribution in [3.05, 3.63) is 60.3 Å². The minimum absolute atomic E-state index is 0.995. The molecule has 1 aromatic carbocycles. The second-order valence-corrected chi connectivity index (χ2v) is 2.51. The molecule has 1 heterocycles. The zero-order chi connectivity index (χ0) is 8.23. The summed E-state index contributed by atoms with van der Waals surface area (Å²) >= 11 is 0. The minimum atomic E-state index is 0.995. The number of rotatable bonds is 1. The lowest BCUT2D eigenvalue weighted by atomic mass is 10.1. The van der Waals surface area contributed by atoms with E-state index in [0.717, 1.165) is 11.3 Å². The smallest absolute Gasteiger partial charge is 0.173 e. The van der Waals surface area contributed by atoms with Crippen LogP contribution in [-0.2, 0) is 0 Å². The molecule has 0 amide bonds. The molecule has 0 unspecified atom stereocenters. The van der Waals surface area contributed by atoms with E-state index in [1.54, 1.807) is 6.20 Å². The van der Waals surface area contributed by atoms with E-state index < -0.39 is 0 Å². The Labute approximate surface area is 71.8 Å². The number of hydrogen-bond acceptors (Lipinski definition) is 1. The van der Waals surface area contributed by atoms with Crippen LogP contribution in [0.1, 0.15) is 5.56 Å². The van der Waals surface area contributed by atoms with Crippen LogP contribution in [0.3, 0.4) is 0 Å². The largest absolute Gasteiger partial charge is 0.203 e. The molecule has 12 heavy (non-hydrogen) atoms. The van der Waals surface area contributed by atoms with Crippen molar-refractivity contribution in [3.8, 4) is 0 Å². The summed E-state index contributed by atoms with van der Waals surface area (Å²) in [5.74, 6) is 0. The van der Waals surface area contributed by atoms with Crippen LogP contribution >= 0.6 is 0 Å². The third kappa shape index (κ3) is 1.31. The molecule has 0 saturated heterocycles. The van der Waals surface area contributed by atoms with Crippen LogP contribution in [0.5, 0.6) is 0 Å². The Morgan fingerprint density at radius 3 is 2.58 bits per heavy atom. The maximum atomic E-state index is 4.19. The number of allylic oxidation sites excluding steroid dienone is 3. The predicted molar refractivity (Wildman–Crippen MR) is 49.9 cm³/mol. The first-order chi connectivity index (χ1) is 5.97. The van der Waals surface area contributed by atoms with Gasteiger partial charge in [0.15, 0.2) is 18.0 Å². The number of nitrogens with zero attached hydrogens (tertiary/aromatic N) is 1. The highest BCUT2D eigenvalue weighted by atomic mass is 14.7. The van der Waals surface area contributed by atoms with Crippen molar-refractivity contribution in [3.63, 3.8) is 0 Å². The van der Waals surface area contributed by atoms with E-state index in [1.807, 2.05) is 42.5 Å². The first-order valence-electron chi connectivity index (χ1n) is 3.84. The van der Waals surface area contributed by atoms with Crippen LogP contribution in [0.4, 0.5) is 0 Å². The van der Waals surface area contributed by atoms with E-state index in [4.69, 9.17) is 0 Å². The second-order valence-electron chi connectivity index (χ2n) is 2.51. The third-order valence-electron chi connectivity index (χ3n) is 1.69. The van der Waals surface area contributed by atoms with Gasteiger partial charge in [0.05, 0.1) is 0 Å². The average molecular weight is 154 g/mol. The van der Waals surface area contributed by atoms with E-state index in [2.05, 4.69) is 11.1 Å². The molecule has 0 atom stereocenters. The van der Waals surface area contributed by atoms with Gasteiger partial charge in [-0.2, -0.15) is 0 Å². The van der Waals surface area contributed by atoms with Crippen molar-refractivity contribution >= 4 is 5.71 Å². The van der Waals surface area contributed by atoms with Crippen molar-refractivity contribution in [1.29, 1.82) is 0 Å². The summed E-state index contributed by atoms with van der Waals surface area (Å²) in [5.41, 5.74) is 2.14. The Kier molecular flexibility index (Phi) is 1.81. The summed E-state index contributed by atoms with van der Waals surface area (Å²) < 4.78 is 0. The van der Waals surface area contributed by atoms with Crippen LogP contribution in [0, 0.1) is 6.08 Å². The second kappa shape index (κ2) is 3.12. The van der Waals surface area contributed by atoms with Crippen molar-refractivity contribution in [2.24, 2.45) is 4.99 Å². The fourth-order valence-corrected chi connectivity index (χ4v) is 1.10. The van der Waals surface area contributed by atoms with Crippen LogP contribution in [-0.4, -0.2) is 5.71 Å². The van der Waals surface area contributed by atoms with Crippen LogP contribution in [0.2, 0.25) is 0 Å². The first kappa shape index (κ1) is 6.96. The molecule has 0 N–H and O–H groups in total. The van der Waals surface area contributed by atoms with Gasteiger partial charge >= 0.3 is 0 Å². The fraction of sp³-hybridized carbons (Fsp3) is 0. The Bertz CT molecular complexity index is 345. The minimum Gasteiger partial charge on any atom is -0.203 e. The summed E-state index contributed by atoms with van der Waals surface area (Å²) in [7, 11) is 0. The average Bonchev–Trinajstić information content (AvgIpc) is 2.21. The summed E-state index contributed by atoms with van der Waals surface area (Å²) in [6.07, 6.45) is 8.40. The van der Waals surface area contributed by atoms with Crippen LogP contribution in [0.25, 0.3) is 0 Å². The van der Waals surface area contributed by atoms with Gasteiger partial charge in [0.25, 0.3) is 0 Å². The Morgan fingerprint density at radius 2 is 1.92 bits per heavy atom. The van der Waals surface area contributed by atoms with Crippen LogP contribution in [0.15, 0.2) is 53.7 Å². The Morgan fingerprint density at radius 1 is 1.08 bits per heavy atom. The molecule has 1 aliphatic rings. The van der Waals surface area contributed by atoms with Crippen molar-refractivity contribution < 1.29 is 0 Å². The van der Waals surface area contributed by atoms with Gasteiger partial charge in [0, 0.05) is 5.56 Å². The molecule has 0 aromatic heterocycles. The molecule has 0 radical (unpaired) electrons. The van der Waals surface area contributed by atoms with Gasteiger partial charge in [-0.3, -0.25) is 0 Å². The standard InChI is InChI=1S/C11H8N/c1-2-6-10(7-3-1)11-8-4-5-9-12-11/h1-4,6-9H/q+1. The van der Waals surface area contributed by atoms with E-state index in [0.29, 0.717) is 0 Å². The maximum absolute atomic E-state index is 4.19. The summed E-state index contributed by atoms with van der Waals surface area (Å²) in [6.45, 7) is 0. The molecule has 0 fully saturated rings. The fourth-order valence-electron chi connectivity index (χ4n) is 1.10. The summed E-state index contributed by atoms with van der Waals surface area (Å²) in [6, 6.07) is 10.1. The molecule has 0 aliphatic carbocycles. The quantitative estimate of drug-likeness (QED) is 0.550. The molecule has 1 heteroatoms. The summed E-state index contributed by atoms with van der Waals surface area (Å²) in [5, 5.41) is 0. The molecule has 1 aromatic rings. The zero-order valence-electron chi connectivity index (χ0n) is 6.57. The molecule has 0 spiro atoms. The monoisotopic (exact) mass is 154 g/mol. The highest BCUT2D eigenvalue weighted by Crippen LogP contribution is 2.05. The maximum Gasteiger partial charge on any atom is 0.173 e. The molecule has 0 bridgehead atoms. The molecule has 56 valence electrons. The van der Waals surface area contributed by atoms with E-state index in [-0.39, 0.29) is 0 Å². The number of aliphatic imine (C=N–C) groups is 1. The van der Waals surface area contributed by atoms with E-state index in [9.17, 15) is 0 Å². The molecular weight excluding hydrogens is 146 g/mol. The molecular formula is C11H8N+. The number of hydrogen-bond donors (Lipinski definition) is 0. The van der Waals surface area contributed by atoms with Crippen molar-refractivity contribution in [2.75, 3.05) is 0 Å². The molecule has 1 aliphatic heterocycles. The molecule has 0 saturated carbocycles.